The summed E-state index contributed by atoms with van der Waals surface area (Å²) in [7, 11) is 0. The molecule has 5 nitrogen and oxygen atoms in total. The summed E-state index contributed by atoms with van der Waals surface area (Å²) < 4.78 is 1.01. The van der Waals surface area contributed by atoms with Crippen LogP contribution in [0.3, 0.4) is 0 Å². The van der Waals surface area contributed by atoms with E-state index in [-0.39, 0.29) is 5.91 Å². The number of aromatic amines is 1. The monoisotopic (exact) mass is 437 g/mol. The zero-order chi connectivity index (χ0) is 18.6. The number of H-pyrrole nitrogens is 1. The zero-order valence-electron chi connectivity index (χ0n) is 14.0. The summed E-state index contributed by atoms with van der Waals surface area (Å²) in [5.41, 5.74) is 5.58. The molecular formula is C20H14BrN4OS+. The van der Waals surface area contributed by atoms with Crippen LogP contribution >= 0.6 is 27.3 Å². The number of amides is 1. The van der Waals surface area contributed by atoms with Crippen LogP contribution in [0.25, 0.3) is 22.2 Å². The van der Waals surface area contributed by atoms with E-state index < -0.39 is 0 Å². The highest BCUT2D eigenvalue weighted by Gasteiger charge is 2.13. The molecule has 7 heteroatoms. The van der Waals surface area contributed by atoms with Crippen molar-refractivity contribution < 1.29 is 9.78 Å². The molecule has 0 saturated heterocycles. The number of nitrogens with zero attached hydrogens (tertiary/aromatic N) is 2. The number of hydrazone groups is 1. The van der Waals surface area contributed by atoms with Gasteiger partial charge in [-0.05, 0) is 40.2 Å². The van der Waals surface area contributed by atoms with Gasteiger partial charge in [0, 0.05) is 28.0 Å². The van der Waals surface area contributed by atoms with Gasteiger partial charge in [-0.2, -0.15) is 5.10 Å². The lowest BCUT2D eigenvalue weighted by Crippen LogP contribution is -2.18. The second-order valence-corrected chi connectivity index (χ2v) is 8.20. The van der Waals surface area contributed by atoms with E-state index in [0.29, 0.717) is 5.56 Å². The van der Waals surface area contributed by atoms with Crippen molar-refractivity contribution in [3.8, 4) is 11.3 Å². The third-order valence-electron chi connectivity index (χ3n) is 3.93. The quantitative estimate of drug-likeness (QED) is 0.381. The van der Waals surface area contributed by atoms with Crippen molar-refractivity contribution in [3.05, 3.63) is 81.2 Å². The normalized spacial score (nSPS) is 11.1. The minimum absolute atomic E-state index is 0.274. The fraction of sp³-hybridized carbons (Fsp3) is 0. The lowest BCUT2D eigenvalue weighted by molar-refractivity contribution is -0.377. The molecule has 0 aliphatic rings. The first kappa shape index (κ1) is 17.5. The number of hydrogen-bond donors (Lipinski definition) is 1. The van der Waals surface area contributed by atoms with E-state index in [4.69, 9.17) is 0 Å². The maximum atomic E-state index is 12.8. The SMILES string of the molecule is O=C(NN=Cc1ccc(Br)s1)c1cc(-c2cc[nH+]cc2)nc2ccccc12. The van der Waals surface area contributed by atoms with Crippen molar-refractivity contribution in [2.75, 3.05) is 0 Å². The molecule has 0 radical (unpaired) electrons. The Morgan fingerprint density at radius 2 is 1.96 bits per heavy atom. The van der Waals surface area contributed by atoms with Crippen LogP contribution < -0.4 is 10.4 Å². The van der Waals surface area contributed by atoms with Crippen molar-refractivity contribution in [2.45, 2.75) is 0 Å². The van der Waals surface area contributed by atoms with Crippen molar-refractivity contribution in [3.63, 3.8) is 0 Å². The number of carbonyl (C=O) groups is 1. The lowest BCUT2D eigenvalue weighted by atomic mass is 10.0. The number of thiophene rings is 1. The Kier molecular flexibility index (Phi) is 5.04. The highest BCUT2D eigenvalue weighted by atomic mass is 79.9. The van der Waals surface area contributed by atoms with Crippen LogP contribution in [0.15, 0.2) is 75.9 Å². The number of pyridine rings is 2. The standard InChI is InChI=1S/C20H13BrN4OS/c21-19-6-5-14(27-19)12-23-25-20(26)16-11-18(13-7-9-22-10-8-13)24-17-4-2-1-3-15(16)17/h1-12H,(H,25,26)/p+1. The number of carbonyl (C=O) groups excluding carboxylic acids is 1. The van der Waals surface area contributed by atoms with E-state index >= 15 is 0 Å². The largest absolute Gasteiger partial charge is 0.272 e. The summed E-state index contributed by atoms with van der Waals surface area (Å²) in [4.78, 5) is 21.4. The fourth-order valence-corrected chi connectivity index (χ4v) is 3.98. The van der Waals surface area contributed by atoms with Crippen LogP contribution in [0.2, 0.25) is 0 Å². The first-order chi connectivity index (χ1) is 13.2. The molecule has 0 unspecified atom stereocenters. The first-order valence-electron chi connectivity index (χ1n) is 8.16. The Hall–Kier alpha value is -2.90. The Balaban J connectivity index is 1.69. The smallest absolute Gasteiger partial charge is 0.267 e. The van der Waals surface area contributed by atoms with Crippen LogP contribution in [0.4, 0.5) is 0 Å². The molecular weight excluding hydrogens is 424 g/mol. The maximum absolute atomic E-state index is 12.8. The van der Waals surface area contributed by atoms with Crippen molar-refractivity contribution >= 4 is 50.3 Å². The van der Waals surface area contributed by atoms with Gasteiger partial charge in [0.15, 0.2) is 12.4 Å². The predicted octanol–water partition coefficient (Wildman–Crippen LogP) is 4.30. The van der Waals surface area contributed by atoms with Crippen LogP contribution in [-0.2, 0) is 0 Å². The van der Waals surface area contributed by atoms with Crippen molar-refractivity contribution in [1.82, 2.24) is 10.4 Å². The predicted molar refractivity (Wildman–Crippen MR) is 111 cm³/mol. The minimum atomic E-state index is -0.274. The summed E-state index contributed by atoms with van der Waals surface area (Å²) in [6.45, 7) is 0. The summed E-state index contributed by atoms with van der Waals surface area (Å²) in [6, 6.07) is 17.1. The number of rotatable bonds is 4. The van der Waals surface area contributed by atoms with E-state index in [9.17, 15) is 4.79 Å². The molecule has 0 atom stereocenters. The van der Waals surface area contributed by atoms with Crippen molar-refractivity contribution in [2.24, 2.45) is 5.10 Å². The number of aromatic nitrogens is 2. The molecule has 0 aliphatic carbocycles. The molecule has 0 bridgehead atoms. The van der Waals surface area contributed by atoms with Crippen LogP contribution in [0.1, 0.15) is 15.2 Å². The topological polar surface area (TPSA) is 68.5 Å². The second-order valence-electron chi connectivity index (χ2n) is 5.70. The molecule has 27 heavy (non-hydrogen) atoms. The Morgan fingerprint density at radius 1 is 1.15 bits per heavy atom. The molecule has 0 spiro atoms. The molecule has 3 heterocycles. The zero-order valence-corrected chi connectivity index (χ0v) is 16.4. The summed E-state index contributed by atoms with van der Waals surface area (Å²) in [6.07, 6.45) is 5.29. The second kappa shape index (κ2) is 7.77. The van der Waals surface area contributed by atoms with Gasteiger partial charge in [0.25, 0.3) is 5.91 Å². The number of hydrogen-bond acceptors (Lipinski definition) is 4. The number of benzene rings is 1. The number of fused-ring (bicyclic) bond motifs is 1. The number of nitrogens with one attached hydrogen (secondary N) is 2. The average molecular weight is 438 g/mol. The van der Waals surface area contributed by atoms with Gasteiger partial charge in [-0.25, -0.2) is 15.4 Å². The third-order valence-corrected chi connectivity index (χ3v) is 5.48. The minimum Gasteiger partial charge on any atom is -0.267 e. The molecule has 132 valence electrons. The number of halogens is 1. The van der Waals surface area contributed by atoms with Crippen molar-refractivity contribution in [1.29, 1.82) is 0 Å². The van der Waals surface area contributed by atoms with E-state index in [2.05, 4.69) is 36.4 Å². The Labute approximate surface area is 167 Å². The van der Waals surface area contributed by atoms with Gasteiger partial charge in [0.1, 0.15) is 0 Å². The maximum Gasteiger partial charge on any atom is 0.272 e. The third kappa shape index (κ3) is 3.94. The molecule has 4 rings (SSSR count). The molecule has 4 aromatic rings. The highest BCUT2D eigenvalue weighted by Crippen LogP contribution is 2.24. The molecule has 0 fully saturated rings. The Morgan fingerprint density at radius 3 is 2.74 bits per heavy atom. The van der Waals surface area contributed by atoms with Gasteiger partial charge in [-0.15, -0.1) is 11.3 Å². The van der Waals surface area contributed by atoms with Gasteiger partial charge < -0.3 is 0 Å². The fourth-order valence-electron chi connectivity index (χ4n) is 2.68. The summed E-state index contributed by atoms with van der Waals surface area (Å²) in [5.74, 6) is -0.274. The molecule has 0 aliphatic heterocycles. The molecule has 1 amide bonds. The van der Waals surface area contributed by atoms with E-state index in [0.717, 1.165) is 30.8 Å². The summed E-state index contributed by atoms with van der Waals surface area (Å²) in [5, 5.41) is 4.87. The molecule has 0 saturated carbocycles. The van der Waals surface area contributed by atoms with E-state index in [1.807, 2.05) is 60.9 Å². The summed E-state index contributed by atoms with van der Waals surface area (Å²) >= 11 is 4.95. The molecule has 1 aromatic carbocycles. The van der Waals surface area contributed by atoms with Crippen LogP contribution in [0, 0.1) is 0 Å². The van der Waals surface area contributed by atoms with Crippen LogP contribution in [0.5, 0.6) is 0 Å². The van der Waals surface area contributed by atoms with Gasteiger partial charge in [0.2, 0.25) is 0 Å². The first-order valence-corrected chi connectivity index (χ1v) is 9.77. The van der Waals surface area contributed by atoms with Gasteiger partial charge >= 0.3 is 0 Å². The highest BCUT2D eigenvalue weighted by molar-refractivity contribution is 9.11. The van der Waals surface area contributed by atoms with Crippen LogP contribution in [-0.4, -0.2) is 17.1 Å². The van der Waals surface area contributed by atoms with Gasteiger partial charge in [0.05, 0.1) is 26.8 Å². The average Bonchev–Trinajstić information content (AvgIpc) is 3.12. The molecule has 3 aromatic heterocycles. The van der Waals surface area contributed by atoms with Gasteiger partial charge in [-0.1, -0.05) is 18.2 Å². The van der Waals surface area contributed by atoms with E-state index in [1.165, 1.54) is 0 Å². The number of para-hydroxylation sites is 1. The lowest BCUT2D eigenvalue weighted by Gasteiger charge is -2.08. The molecule has 2 N–H and O–H groups in total. The Bertz CT molecular complexity index is 1140. The van der Waals surface area contributed by atoms with E-state index in [1.54, 1.807) is 23.6 Å². The van der Waals surface area contributed by atoms with Gasteiger partial charge in [-0.3, -0.25) is 4.79 Å².